The quantitative estimate of drug-likeness (QED) is 0.412. The standard InChI is InChI=1S/C13H24N3O6P/c1-5-6-12(21-13(17)15-8-7-14-11-15)22-23(18,19)20-10-9-16(2,3)4/h7-8,11-12H,5-6,9-10H2,1-4H3/p+1. The van der Waals surface area contributed by atoms with Crippen molar-refractivity contribution in [3.63, 3.8) is 0 Å². The summed E-state index contributed by atoms with van der Waals surface area (Å²) in [6.45, 7) is 2.41. The van der Waals surface area contributed by atoms with Crippen molar-refractivity contribution in [3.05, 3.63) is 18.7 Å². The number of aromatic nitrogens is 2. The van der Waals surface area contributed by atoms with E-state index in [0.29, 0.717) is 17.4 Å². The molecule has 0 aliphatic rings. The van der Waals surface area contributed by atoms with E-state index in [1.807, 2.05) is 28.1 Å². The molecule has 0 spiro atoms. The number of nitrogens with zero attached hydrogens (tertiary/aromatic N) is 3. The van der Waals surface area contributed by atoms with E-state index in [1.165, 1.54) is 18.7 Å². The lowest BCUT2D eigenvalue weighted by Gasteiger charge is -2.25. The van der Waals surface area contributed by atoms with Crippen molar-refractivity contribution in [1.82, 2.24) is 9.55 Å². The molecule has 9 nitrogen and oxygen atoms in total. The van der Waals surface area contributed by atoms with Crippen molar-refractivity contribution in [1.29, 1.82) is 0 Å². The maximum atomic E-state index is 11.9. The highest BCUT2D eigenvalue weighted by molar-refractivity contribution is 7.47. The Kier molecular flexibility index (Phi) is 7.37. The molecule has 1 rings (SSSR count). The summed E-state index contributed by atoms with van der Waals surface area (Å²) in [5, 5.41) is 0. The molecule has 0 saturated heterocycles. The Hall–Kier alpha value is -1.25. The molecule has 2 atom stereocenters. The van der Waals surface area contributed by atoms with Crippen LogP contribution in [0.15, 0.2) is 18.7 Å². The van der Waals surface area contributed by atoms with Crippen molar-refractivity contribution in [2.75, 3.05) is 34.3 Å². The molecule has 0 aliphatic carbocycles. The van der Waals surface area contributed by atoms with Gasteiger partial charge in [0.25, 0.3) is 0 Å². The summed E-state index contributed by atoms with van der Waals surface area (Å²) < 4.78 is 28.6. The molecule has 1 heterocycles. The molecule has 1 aromatic rings. The zero-order chi connectivity index (χ0) is 17.5. The first kappa shape index (κ1) is 19.8. The molecular weight excluding hydrogens is 325 g/mol. The Balaban J connectivity index is 2.56. The second-order valence-electron chi connectivity index (χ2n) is 5.99. The molecule has 0 fully saturated rings. The van der Waals surface area contributed by atoms with E-state index in [2.05, 4.69) is 4.98 Å². The second kappa shape index (κ2) is 8.56. The minimum atomic E-state index is -4.31. The van der Waals surface area contributed by atoms with Crippen molar-refractivity contribution in [2.24, 2.45) is 0 Å². The van der Waals surface area contributed by atoms with Gasteiger partial charge in [-0.05, 0) is 0 Å². The first-order valence-corrected chi connectivity index (χ1v) is 8.77. The number of hydrogen-bond donors (Lipinski definition) is 1. The molecule has 132 valence electrons. The van der Waals surface area contributed by atoms with E-state index in [9.17, 15) is 14.3 Å². The lowest BCUT2D eigenvalue weighted by atomic mass is 10.3. The van der Waals surface area contributed by atoms with E-state index in [1.54, 1.807) is 0 Å². The lowest BCUT2D eigenvalue weighted by Crippen LogP contribution is -2.37. The number of phosphoric ester groups is 1. The molecule has 23 heavy (non-hydrogen) atoms. The van der Waals surface area contributed by atoms with E-state index >= 15 is 0 Å². The summed E-state index contributed by atoms with van der Waals surface area (Å²) in [5.74, 6) is 0. The summed E-state index contributed by atoms with van der Waals surface area (Å²) in [6.07, 6.45) is 3.04. The van der Waals surface area contributed by atoms with Gasteiger partial charge in [0.15, 0.2) is 0 Å². The normalized spacial score (nSPS) is 15.9. The van der Waals surface area contributed by atoms with Gasteiger partial charge in [0, 0.05) is 18.8 Å². The largest absolute Gasteiger partial charge is 0.475 e. The van der Waals surface area contributed by atoms with Gasteiger partial charge in [-0.15, -0.1) is 0 Å². The van der Waals surface area contributed by atoms with Gasteiger partial charge in [0.05, 0.1) is 21.1 Å². The average molecular weight is 350 g/mol. The Bertz CT molecular complexity index is 528. The number of imidazole rings is 1. The summed E-state index contributed by atoms with van der Waals surface area (Å²) in [4.78, 5) is 25.3. The van der Waals surface area contributed by atoms with Gasteiger partial charge in [0.1, 0.15) is 19.5 Å². The minimum Gasteiger partial charge on any atom is -0.418 e. The predicted octanol–water partition coefficient (Wildman–Crippen LogP) is 1.83. The summed E-state index contributed by atoms with van der Waals surface area (Å²) in [7, 11) is 1.48. The Morgan fingerprint density at radius 1 is 1.43 bits per heavy atom. The van der Waals surface area contributed by atoms with Gasteiger partial charge >= 0.3 is 13.9 Å². The SMILES string of the molecule is CCCC(OC(=O)n1ccnc1)OP(=O)(O)OCC[N+](C)(C)C. The monoisotopic (exact) mass is 350 g/mol. The number of carbonyl (C=O) groups excluding carboxylic acids is 1. The fraction of sp³-hybridized carbons (Fsp3) is 0.692. The van der Waals surface area contributed by atoms with Gasteiger partial charge < -0.3 is 14.1 Å². The minimum absolute atomic E-state index is 0.0472. The van der Waals surface area contributed by atoms with Gasteiger partial charge in [-0.3, -0.25) is 4.52 Å². The smallest absolute Gasteiger partial charge is 0.418 e. The number of likely N-dealkylation sites (N-methyl/N-ethyl adjacent to an activating group) is 1. The van der Waals surface area contributed by atoms with Crippen LogP contribution in [0.25, 0.3) is 0 Å². The van der Waals surface area contributed by atoms with Crippen LogP contribution in [0.3, 0.4) is 0 Å². The fourth-order valence-corrected chi connectivity index (χ4v) is 2.34. The van der Waals surface area contributed by atoms with Gasteiger partial charge in [-0.1, -0.05) is 13.3 Å². The Morgan fingerprint density at radius 2 is 2.13 bits per heavy atom. The third-order valence-electron chi connectivity index (χ3n) is 2.74. The predicted molar refractivity (Wildman–Crippen MR) is 82.6 cm³/mol. The molecule has 1 aromatic heterocycles. The van der Waals surface area contributed by atoms with E-state index in [-0.39, 0.29) is 13.0 Å². The van der Waals surface area contributed by atoms with E-state index in [0.717, 1.165) is 4.57 Å². The van der Waals surface area contributed by atoms with Crippen LogP contribution in [0.4, 0.5) is 4.79 Å². The van der Waals surface area contributed by atoms with Crippen LogP contribution in [0.5, 0.6) is 0 Å². The van der Waals surface area contributed by atoms with Crippen LogP contribution in [0.2, 0.25) is 0 Å². The van der Waals surface area contributed by atoms with Crippen LogP contribution in [-0.2, 0) is 18.3 Å². The van der Waals surface area contributed by atoms with Gasteiger partial charge in [-0.2, -0.15) is 0 Å². The zero-order valence-corrected chi connectivity index (χ0v) is 14.8. The molecule has 0 aliphatic heterocycles. The number of ether oxygens (including phenoxy) is 1. The van der Waals surface area contributed by atoms with Crippen molar-refractivity contribution in [3.8, 4) is 0 Å². The zero-order valence-electron chi connectivity index (χ0n) is 13.9. The second-order valence-corrected chi connectivity index (χ2v) is 7.40. The third kappa shape index (κ3) is 8.24. The maximum Gasteiger partial charge on any atom is 0.475 e. The average Bonchev–Trinajstić information content (AvgIpc) is 2.90. The number of phosphoric acid groups is 1. The Morgan fingerprint density at radius 3 is 2.65 bits per heavy atom. The van der Waals surface area contributed by atoms with Gasteiger partial charge in [0.2, 0.25) is 6.29 Å². The first-order chi connectivity index (χ1) is 10.6. The molecule has 0 saturated carbocycles. The molecule has 0 radical (unpaired) electrons. The fourth-order valence-electron chi connectivity index (χ4n) is 1.52. The molecule has 0 aromatic carbocycles. The molecule has 2 unspecified atom stereocenters. The van der Waals surface area contributed by atoms with Crippen LogP contribution in [0, 0.1) is 0 Å². The number of hydrogen-bond acceptors (Lipinski definition) is 6. The highest BCUT2D eigenvalue weighted by Crippen LogP contribution is 2.45. The number of carbonyl (C=O) groups is 1. The van der Waals surface area contributed by atoms with Crippen LogP contribution in [-0.4, -0.2) is 65.6 Å². The van der Waals surface area contributed by atoms with Crippen molar-refractivity contribution < 1.29 is 32.5 Å². The number of rotatable bonds is 9. The third-order valence-corrected chi connectivity index (χ3v) is 3.75. The molecular formula is C13H25N3O6P+. The van der Waals surface area contributed by atoms with E-state index in [4.69, 9.17) is 13.8 Å². The van der Waals surface area contributed by atoms with Crippen molar-refractivity contribution >= 4 is 13.9 Å². The highest BCUT2D eigenvalue weighted by atomic mass is 31.2. The van der Waals surface area contributed by atoms with Crippen LogP contribution < -0.4 is 0 Å². The van der Waals surface area contributed by atoms with Gasteiger partial charge in [-0.25, -0.2) is 23.4 Å². The summed E-state index contributed by atoms with van der Waals surface area (Å²) in [6, 6.07) is 0. The topological polar surface area (TPSA) is 99.9 Å². The van der Waals surface area contributed by atoms with Crippen LogP contribution >= 0.6 is 7.82 Å². The summed E-state index contributed by atoms with van der Waals surface area (Å²) in [5.41, 5.74) is 0. The molecule has 0 amide bonds. The molecule has 1 N–H and O–H groups in total. The summed E-state index contributed by atoms with van der Waals surface area (Å²) >= 11 is 0. The van der Waals surface area contributed by atoms with Crippen molar-refractivity contribution in [2.45, 2.75) is 26.1 Å². The maximum absolute atomic E-state index is 11.9. The molecule has 10 heteroatoms. The lowest BCUT2D eigenvalue weighted by molar-refractivity contribution is -0.870. The highest BCUT2D eigenvalue weighted by Gasteiger charge is 2.29. The number of quaternary nitrogens is 1. The van der Waals surface area contributed by atoms with E-state index < -0.39 is 20.2 Å². The van der Waals surface area contributed by atoms with Crippen LogP contribution in [0.1, 0.15) is 19.8 Å². The first-order valence-electron chi connectivity index (χ1n) is 7.28. The molecule has 0 bridgehead atoms. The Labute approximate surface area is 136 Å².